The number of unbranched alkanes of at least 4 members (excludes halogenated alkanes) is 1. The monoisotopic (exact) mass is 494 g/mol. The van der Waals surface area contributed by atoms with Gasteiger partial charge in [-0.3, -0.25) is 10.1 Å². The Labute approximate surface area is 176 Å². The summed E-state index contributed by atoms with van der Waals surface area (Å²) in [5, 5.41) is 14.3. The molecule has 2 rings (SSSR count). The van der Waals surface area contributed by atoms with Gasteiger partial charge in [-0.05, 0) is 52.9 Å². The van der Waals surface area contributed by atoms with Gasteiger partial charge in [0.05, 0.1) is 9.82 Å². The number of benzene rings is 2. The van der Waals surface area contributed by atoms with Crippen LogP contribution in [0.15, 0.2) is 53.4 Å². The topological polar surface area (TPSA) is 89.3 Å². The van der Waals surface area contributed by atoms with Gasteiger partial charge >= 0.3 is 0 Å². The predicted octanol–water partition coefficient (Wildman–Crippen LogP) is 5.29. The Morgan fingerprint density at radius 1 is 1.11 bits per heavy atom. The Morgan fingerprint density at radius 3 is 2.37 bits per heavy atom. The van der Waals surface area contributed by atoms with Gasteiger partial charge in [0.25, 0.3) is 8.26 Å². The summed E-state index contributed by atoms with van der Waals surface area (Å²) in [5.41, 5.74) is 1.12. The Morgan fingerprint density at radius 2 is 1.78 bits per heavy atom. The van der Waals surface area contributed by atoms with E-state index in [1.54, 1.807) is 0 Å². The number of hydrogen-bond donors (Lipinski definition) is 1. The van der Waals surface area contributed by atoms with Gasteiger partial charge < -0.3 is 5.32 Å². The number of nitrogens with one attached hydrogen (secondary N) is 1. The zero-order chi connectivity index (χ0) is 20.1. The van der Waals surface area contributed by atoms with Crippen LogP contribution in [0, 0.1) is 10.1 Å². The number of sulfone groups is 1. The number of anilines is 1. The highest BCUT2D eigenvalue weighted by molar-refractivity contribution is 9.12. The van der Waals surface area contributed by atoms with Crippen molar-refractivity contribution in [2.24, 2.45) is 0 Å². The number of nitro benzene ring substituents is 1. The highest BCUT2D eigenvalue weighted by Crippen LogP contribution is 2.41. The molecule has 0 fully saturated rings. The van der Waals surface area contributed by atoms with Gasteiger partial charge in [0.2, 0.25) is 9.84 Å². The maximum atomic E-state index is 12.2. The van der Waals surface area contributed by atoms with Crippen LogP contribution in [0.2, 0.25) is 0 Å². The SMILES string of the molecule is O=[N+]([O-])c1cc(S(=O)(=O)C(Cl)(Cl)Br)ccc1NCCCCc1ccccc1. The Kier molecular flexibility index (Phi) is 7.50. The third-order valence-electron chi connectivity index (χ3n) is 3.83. The van der Waals surface area contributed by atoms with E-state index in [0.717, 1.165) is 25.3 Å². The van der Waals surface area contributed by atoms with Gasteiger partial charge in [0, 0.05) is 12.6 Å². The van der Waals surface area contributed by atoms with Gasteiger partial charge in [-0.15, -0.1) is 0 Å². The van der Waals surface area contributed by atoms with Gasteiger partial charge in [0.1, 0.15) is 5.69 Å². The van der Waals surface area contributed by atoms with Crippen LogP contribution < -0.4 is 5.32 Å². The first kappa shape index (κ1) is 21.9. The summed E-state index contributed by atoms with van der Waals surface area (Å²) in [6.07, 6.45) is 2.64. The van der Waals surface area contributed by atoms with Gasteiger partial charge in [-0.2, -0.15) is 0 Å². The lowest BCUT2D eigenvalue weighted by Crippen LogP contribution is -2.19. The van der Waals surface area contributed by atoms with Crippen LogP contribution >= 0.6 is 39.1 Å². The summed E-state index contributed by atoms with van der Waals surface area (Å²) in [4.78, 5) is 10.3. The van der Waals surface area contributed by atoms with Gasteiger partial charge in [-0.1, -0.05) is 53.5 Å². The van der Waals surface area contributed by atoms with Gasteiger partial charge in [0.15, 0.2) is 0 Å². The molecule has 0 amide bonds. The molecule has 0 aromatic heterocycles. The molecule has 0 aliphatic rings. The minimum Gasteiger partial charge on any atom is -0.379 e. The second kappa shape index (κ2) is 9.23. The molecule has 0 saturated carbocycles. The molecule has 0 saturated heterocycles. The molecule has 0 aliphatic heterocycles. The molecule has 146 valence electrons. The van der Waals surface area contributed by atoms with Crippen molar-refractivity contribution in [3.05, 3.63) is 64.2 Å². The molecular weight excluding hydrogens is 479 g/mol. The van der Waals surface area contributed by atoms with E-state index in [4.69, 9.17) is 23.2 Å². The van der Waals surface area contributed by atoms with Gasteiger partial charge in [-0.25, -0.2) is 8.42 Å². The lowest BCUT2D eigenvalue weighted by molar-refractivity contribution is -0.384. The van der Waals surface area contributed by atoms with E-state index in [1.807, 2.05) is 18.2 Å². The van der Waals surface area contributed by atoms with E-state index in [1.165, 1.54) is 17.7 Å². The molecule has 1 N–H and O–H groups in total. The molecule has 2 aromatic rings. The lowest BCUT2D eigenvalue weighted by Gasteiger charge is -2.14. The number of hydrogen-bond acceptors (Lipinski definition) is 5. The summed E-state index contributed by atoms with van der Waals surface area (Å²) in [7, 11) is -4.19. The van der Waals surface area contributed by atoms with Crippen LogP contribution in [-0.4, -0.2) is 22.5 Å². The first-order valence-electron chi connectivity index (χ1n) is 8.00. The molecule has 0 aliphatic carbocycles. The van der Waals surface area contributed by atoms with E-state index >= 15 is 0 Å². The van der Waals surface area contributed by atoms with Crippen LogP contribution in [0.5, 0.6) is 0 Å². The third kappa shape index (κ3) is 5.81. The standard InChI is InChI=1S/C17H17BrCl2N2O4S/c18-17(19,20)27(25,26)14-9-10-15(16(12-14)22(23)24)21-11-5-4-8-13-6-2-1-3-7-13/h1-3,6-7,9-10,12,21H,4-5,8,11H2. The van der Waals surface area contributed by atoms with E-state index in [9.17, 15) is 18.5 Å². The van der Waals surface area contributed by atoms with Crippen LogP contribution in [0.4, 0.5) is 11.4 Å². The lowest BCUT2D eigenvalue weighted by atomic mass is 10.1. The number of halogens is 3. The minimum atomic E-state index is -4.19. The molecule has 0 heterocycles. The summed E-state index contributed by atoms with van der Waals surface area (Å²) in [6, 6.07) is 13.5. The molecule has 27 heavy (non-hydrogen) atoms. The smallest absolute Gasteiger partial charge is 0.293 e. The Balaban J connectivity index is 2.03. The molecule has 0 spiro atoms. The molecule has 0 atom stereocenters. The number of alkyl halides is 3. The average molecular weight is 496 g/mol. The number of nitro groups is 1. The fourth-order valence-electron chi connectivity index (χ4n) is 2.43. The van der Waals surface area contributed by atoms with Crippen LogP contribution in [0.25, 0.3) is 0 Å². The maximum Gasteiger partial charge on any atom is 0.293 e. The average Bonchev–Trinajstić information content (AvgIpc) is 2.61. The summed E-state index contributed by atoms with van der Waals surface area (Å²) >= 11 is 13.9. The maximum absolute atomic E-state index is 12.2. The normalized spacial score (nSPS) is 12.0. The zero-order valence-corrected chi connectivity index (χ0v) is 18.0. The molecule has 0 unspecified atom stereocenters. The Bertz CT molecular complexity index is 903. The van der Waals surface area contributed by atoms with E-state index in [2.05, 4.69) is 33.4 Å². The molecule has 0 radical (unpaired) electrons. The van der Waals surface area contributed by atoms with Crippen LogP contribution in [0.1, 0.15) is 18.4 Å². The number of aryl methyl sites for hydroxylation is 1. The van der Waals surface area contributed by atoms with Crippen molar-refractivity contribution in [2.45, 2.75) is 26.7 Å². The van der Waals surface area contributed by atoms with Crippen LogP contribution in [-0.2, 0) is 16.3 Å². The first-order valence-corrected chi connectivity index (χ1v) is 11.0. The van der Waals surface area contributed by atoms with Crippen LogP contribution in [0.3, 0.4) is 0 Å². The molecule has 2 aromatic carbocycles. The number of rotatable bonds is 9. The molecule has 10 heteroatoms. The fourth-order valence-corrected chi connectivity index (χ4v) is 4.31. The second-order valence-electron chi connectivity index (χ2n) is 5.75. The molecular formula is C17H17BrCl2N2O4S. The largest absolute Gasteiger partial charge is 0.379 e. The van der Waals surface area contributed by atoms with Crippen molar-refractivity contribution >= 4 is 60.3 Å². The van der Waals surface area contributed by atoms with Crippen molar-refractivity contribution in [1.82, 2.24) is 0 Å². The predicted molar refractivity (Wildman–Crippen MR) is 112 cm³/mol. The van der Waals surface area contributed by atoms with Crippen molar-refractivity contribution in [2.75, 3.05) is 11.9 Å². The minimum absolute atomic E-state index is 0.239. The third-order valence-corrected chi connectivity index (χ3v) is 7.81. The van der Waals surface area contributed by atoms with Crippen molar-refractivity contribution in [1.29, 1.82) is 0 Å². The second-order valence-corrected chi connectivity index (χ2v) is 12.2. The van der Waals surface area contributed by atoms with Crippen molar-refractivity contribution < 1.29 is 13.3 Å². The zero-order valence-electron chi connectivity index (χ0n) is 14.1. The first-order chi connectivity index (χ1) is 12.6. The summed E-state index contributed by atoms with van der Waals surface area (Å²) in [5.74, 6) is 0. The number of nitrogens with zero attached hydrogens (tertiary/aromatic N) is 1. The highest BCUT2D eigenvalue weighted by atomic mass is 79.9. The Hall–Kier alpha value is -1.35. The summed E-state index contributed by atoms with van der Waals surface area (Å²) < 4.78 is 22.2. The van der Waals surface area contributed by atoms with E-state index in [0.29, 0.717) is 6.54 Å². The molecule has 0 bridgehead atoms. The highest BCUT2D eigenvalue weighted by Gasteiger charge is 2.39. The fraction of sp³-hybridized carbons (Fsp3) is 0.294. The van der Waals surface area contributed by atoms with E-state index < -0.39 is 17.3 Å². The summed E-state index contributed by atoms with van der Waals surface area (Å²) in [6.45, 7) is 0.521. The molecule has 6 nitrogen and oxygen atoms in total. The quantitative estimate of drug-likeness (QED) is 0.221. The van der Waals surface area contributed by atoms with Crippen molar-refractivity contribution in [3.63, 3.8) is 0 Å². The van der Waals surface area contributed by atoms with E-state index in [-0.39, 0.29) is 16.3 Å². The van der Waals surface area contributed by atoms with Crippen molar-refractivity contribution in [3.8, 4) is 0 Å².